The number of carbonyl (C=O) groups is 1. The Morgan fingerprint density at radius 1 is 1.22 bits per heavy atom. The zero-order valence-electron chi connectivity index (χ0n) is 12.4. The van der Waals surface area contributed by atoms with E-state index in [9.17, 15) is 9.90 Å². The smallest absolute Gasteiger partial charge is 0.336 e. The summed E-state index contributed by atoms with van der Waals surface area (Å²) in [6.07, 6.45) is 0. The van der Waals surface area contributed by atoms with Gasteiger partial charge in [0.1, 0.15) is 4.34 Å². The van der Waals surface area contributed by atoms with Gasteiger partial charge in [0.05, 0.1) is 21.1 Å². The average molecular weight is 366 g/mol. The largest absolute Gasteiger partial charge is 0.478 e. The van der Waals surface area contributed by atoms with Gasteiger partial charge in [-0.15, -0.1) is 11.3 Å². The Morgan fingerprint density at radius 3 is 2.52 bits per heavy atom. The van der Waals surface area contributed by atoms with Crippen molar-refractivity contribution in [3.63, 3.8) is 0 Å². The Hall–Kier alpha value is -1.62. The van der Waals surface area contributed by atoms with E-state index in [1.165, 1.54) is 11.3 Å². The number of pyridine rings is 1. The van der Waals surface area contributed by atoms with Gasteiger partial charge >= 0.3 is 5.97 Å². The molecular weight excluding hydrogens is 353 g/mol. The van der Waals surface area contributed by atoms with E-state index in [1.807, 2.05) is 18.2 Å². The van der Waals surface area contributed by atoms with Crippen LogP contribution in [-0.2, 0) is 0 Å². The molecule has 1 aromatic carbocycles. The summed E-state index contributed by atoms with van der Waals surface area (Å²) in [5.74, 6) is -0.678. The van der Waals surface area contributed by atoms with Crippen LogP contribution in [-0.4, -0.2) is 16.1 Å². The highest BCUT2D eigenvalue weighted by Gasteiger charge is 2.17. The maximum atomic E-state index is 11.7. The maximum Gasteiger partial charge on any atom is 0.336 e. The van der Waals surface area contributed by atoms with E-state index in [0.29, 0.717) is 36.8 Å². The van der Waals surface area contributed by atoms with Crippen LogP contribution in [0.2, 0.25) is 8.67 Å². The van der Waals surface area contributed by atoms with Crippen LogP contribution in [0.4, 0.5) is 0 Å². The van der Waals surface area contributed by atoms with Gasteiger partial charge in [0.15, 0.2) is 0 Å². The molecule has 2 heterocycles. The van der Waals surface area contributed by atoms with Crippen LogP contribution in [0.5, 0.6) is 0 Å². The predicted molar refractivity (Wildman–Crippen MR) is 96.1 cm³/mol. The summed E-state index contributed by atoms with van der Waals surface area (Å²) < 4.78 is 1.04. The molecule has 0 bridgehead atoms. The highest BCUT2D eigenvalue weighted by atomic mass is 35.5. The summed E-state index contributed by atoms with van der Waals surface area (Å²) in [6.45, 7) is 4.13. The van der Waals surface area contributed by atoms with Crippen molar-refractivity contribution in [3.05, 3.63) is 50.1 Å². The second kappa shape index (κ2) is 6.11. The molecule has 0 radical (unpaired) electrons. The Balaban J connectivity index is 2.29. The van der Waals surface area contributed by atoms with Gasteiger partial charge in [0, 0.05) is 10.9 Å². The number of hydrogen-bond donors (Lipinski definition) is 1. The van der Waals surface area contributed by atoms with Gasteiger partial charge in [-0.25, -0.2) is 9.78 Å². The van der Waals surface area contributed by atoms with Gasteiger partial charge in [0.2, 0.25) is 0 Å². The molecular formula is C17H13Cl2NO2S. The lowest BCUT2D eigenvalue weighted by atomic mass is 9.98. The number of thiophene rings is 1. The summed E-state index contributed by atoms with van der Waals surface area (Å²) in [6, 6.07) is 8.97. The van der Waals surface area contributed by atoms with Crippen LogP contribution in [0.3, 0.4) is 0 Å². The molecule has 3 nitrogen and oxygen atoms in total. The standard InChI is InChI=1S/C17H13Cl2NO2S/c1-8(2)9-3-4-13-10(5-9)11(17(21)22)6-14(20-13)12-7-15(18)23-16(12)19/h3-8H,1-2H3,(H,21,22). The summed E-state index contributed by atoms with van der Waals surface area (Å²) >= 11 is 13.4. The van der Waals surface area contributed by atoms with Gasteiger partial charge in [-0.05, 0) is 35.7 Å². The van der Waals surface area contributed by atoms with Crippen LogP contribution < -0.4 is 0 Å². The number of carboxylic acids is 1. The zero-order valence-corrected chi connectivity index (χ0v) is 14.8. The highest BCUT2D eigenvalue weighted by molar-refractivity contribution is 7.20. The average Bonchev–Trinajstić information content (AvgIpc) is 2.84. The number of nitrogens with zero attached hydrogens (tertiary/aromatic N) is 1. The molecule has 0 unspecified atom stereocenters. The molecule has 0 aliphatic rings. The fourth-order valence-corrected chi connectivity index (χ4v) is 3.91. The number of carboxylic acid groups (broad SMARTS) is 1. The molecule has 0 amide bonds. The highest BCUT2D eigenvalue weighted by Crippen LogP contribution is 2.38. The number of rotatable bonds is 3. The molecule has 1 N–H and O–H groups in total. The van der Waals surface area contributed by atoms with Gasteiger partial charge < -0.3 is 5.11 Å². The third kappa shape index (κ3) is 3.07. The monoisotopic (exact) mass is 365 g/mol. The second-order valence-corrected chi connectivity index (χ2v) is 7.81. The Bertz CT molecular complexity index is 918. The summed E-state index contributed by atoms with van der Waals surface area (Å²) in [5.41, 5.74) is 3.08. The van der Waals surface area contributed by atoms with Crippen LogP contribution in [0, 0.1) is 0 Å². The van der Waals surface area contributed by atoms with Gasteiger partial charge in [-0.2, -0.15) is 0 Å². The van der Waals surface area contributed by atoms with Crippen LogP contribution in [0.25, 0.3) is 22.2 Å². The van der Waals surface area contributed by atoms with E-state index >= 15 is 0 Å². The van der Waals surface area contributed by atoms with E-state index < -0.39 is 5.97 Å². The third-order valence-corrected chi connectivity index (χ3v) is 5.15. The predicted octanol–water partition coefficient (Wildman–Crippen LogP) is 6.09. The van der Waals surface area contributed by atoms with Crippen LogP contribution in [0.15, 0.2) is 30.3 Å². The number of halogens is 2. The lowest BCUT2D eigenvalue weighted by molar-refractivity contribution is 0.0699. The van der Waals surface area contributed by atoms with Crippen LogP contribution >= 0.6 is 34.5 Å². The molecule has 0 atom stereocenters. The van der Waals surface area contributed by atoms with Crippen molar-refractivity contribution in [1.29, 1.82) is 0 Å². The van der Waals surface area contributed by atoms with E-state index in [-0.39, 0.29) is 5.56 Å². The number of aromatic carboxylic acids is 1. The lowest BCUT2D eigenvalue weighted by Crippen LogP contribution is -2.01. The fourth-order valence-electron chi connectivity index (χ4n) is 2.43. The normalized spacial score (nSPS) is 11.3. The fraction of sp³-hybridized carbons (Fsp3) is 0.176. The van der Waals surface area contributed by atoms with Crippen molar-refractivity contribution >= 4 is 51.4 Å². The molecule has 23 heavy (non-hydrogen) atoms. The van der Waals surface area contributed by atoms with Gasteiger partial charge in [0.25, 0.3) is 0 Å². The first-order chi connectivity index (χ1) is 10.9. The van der Waals surface area contributed by atoms with E-state index in [1.54, 1.807) is 12.1 Å². The molecule has 0 spiro atoms. The molecule has 0 saturated carbocycles. The number of benzene rings is 1. The first kappa shape index (κ1) is 16.2. The van der Waals surface area contributed by atoms with E-state index in [4.69, 9.17) is 23.2 Å². The Kier molecular flexibility index (Phi) is 4.32. The quantitative estimate of drug-likeness (QED) is 0.610. The number of aromatic nitrogens is 1. The van der Waals surface area contributed by atoms with Crippen molar-refractivity contribution in [2.75, 3.05) is 0 Å². The molecule has 118 valence electrons. The number of hydrogen-bond acceptors (Lipinski definition) is 3. The van der Waals surface area contributed by atoms with Gasteiger partial charge in [-0.1, -0.05) is 43.1 Å². The summed E-state index contributed by atoms with van der Waals surface area (Å²) in [5, 5.41) is 10.2. The first-order valence-electron chi connectivity index (χ1n) is 7.00. The topological polar surface area (TPSA) is 50.2 Å². The summed E-state index contributed by atoms with van der Waals surface area (Å²) in [7, 11) is 0. The van der Waals surface area contributed by atoms with Crippen molar-refractivity contribution < 1.29 is 9.90 Å². The summed E-state index contributed by atoms with van der Waals surface area (Å²) in [4.78, 5) is 16.2. The van der Waals surface area contributed by atoms with Crippen molar-refractivity contribution in [1.82, 2.24) is 4.98 Å². The third-order valence-electron chi connectivity index (χ3n) is 3.66. The minimum atomic E-state index is -0.989. The molecule has 2 aromatic heterocycles. The Labute approximate surface area is 147 Å². The zero-order chi connectivity index (χ0) is 16.7. The molecule has 3 aromatic rings. The molecule has 0 saturated heterocycles. The van der Waals surface area contributed by atoms with E-state index in [0.717, 1.165) is 5.56 Å². The first-order valence-corrected chi connectivity index (χ1v) is 8.57. The lowest BCUT2D eigenvalue weighted by Gasteiger charge is -2.10. The van der Waals surface area contributed by atoms with Crippen LogP contribution in [0.1, 0.15) is 35.7 Å². The molecule has 3 rings (SSSR count). The minimum absolute atomic E-state index is 0.214. The minimum Gasteiger partial charge on any atom is -0.478 e. The van der Waals surface area contributed by atoms with Crippen molar-refractivity contribution in [2.45, 2.75) is 19.8 Å². The second-order valence-electron chi connectivity index (χ2n) is 5.53. The van der Waals surface area contributed by atoms with E-state index in [2.05, 4.69) is 18.8 Å². The molecule has 6 heteroatoms. The SMILES string of the molecule is CC(C)c1ccc2nc(-c3cc(Cl)sc3Cl)cc(C(=O)O)c2c1. The molecule has 0 fully saturated rings. The Morgan fingerprint density at radius 2 is 1.96 bits per heavy atom. The van der Waals surface area contributed by atoms with Gasteiger partial charge in [-0.3, -0.25) is 0 Å². The number of fused-ring (bicyclic) bond motifs is 1. The maximum absolute atomic E-state index is 11.7. The molecule has 0 aliphatic heterocycles. The molecule has 0 aliphatic carbocycles. The van der Waals surface area contributed by atoms with Crippen molar-refractivity contribution in [2.24, 2.45) is 0 Å². The van der Waals surface area contributed by atoms with Crippen molar-refractivity contribution in [3.8, 4) is 11.3 Å².